The molecule has 0 spiro atoms. The number of hydrogen-bond donors (Lipinski definition) is 0. The number of methoxy groups -OCH3 is 1. The second-order valence-corrected chi connectivity index (χ2v) is 6.59. The highest BCUT2D eigenvalue weighted by atomic mass is 16.5. The average molecular weight is 328 g/mol. The number of carbonyl (C=O) groups excluding carboxylic acids is 1. The molecule has 0 bridgehead atoms. The lowest BCUT2D eigenvalue weighted by atomic mass is 9.89. The fourth-order valence-electron chi connectivity index (χ4n) is 3.45. The monoisotopic (exact) mass is 328 g/mol. The van der Waals surface area contributed by atoms with Crippen LogP contribution < -0.4 is 4.74 Å². The van der Waals surface area contributed by atoms with Gasteiger partial charge in [0.15, 0.2) is 0 Å². The first-order chi connectivity index (χ1) is 11.6. The van der Waals surface area contributed by atoms with Gasteiger partial charge in [-0.2, -0.15) is 0 Å². The SMILES string of the molecule is COc1ccccc1C1CCC(C)CN1C(=O)Cc1cc(C)on1. The summed E-state index contributed by atoms with van der Waals surface area (Å²) in [5.74, 6) is 2.16. The zero-order valence-corrected chi connectivity index (χ0v) is 14.5. The van der Waals surface area contributed by atoms with E-state index in [1.165, 1.54) is 0 Å². The number of ether oxygens (including phenoxy) is 1. The molecule has 1 aliphatic heterocycles. The van der Waals surface area contributed by atoms with Gasteiger partial charge in [-0.25, -0.2) is 0 Å². The maximum Gasteiger partial charge on any atom is 0.229 e. The summed E-state index contributed by atoms with van der Waals surface area (Å²) >= 11 is 0. The predicted molar refractivity (Wildman–Crippen MR) is 90.8 cm³/mol. The Balaban J connectivity index is 1.85. The van der Waals surface area contributed by atoms with Gasteiger partial charge in [0.2, 0.25) is 5.91 Å². The molecule has 2 atom stereocenters. The summed E-state index contributed by atoms with van der Waals surface area (Å²) in [6.45, 7) is 4.79. The molecule has 5 nitrogen and oxygen atoms in total. The molecule has 0 aliphatic carbocycles. The number of para-hydroxylation sites is 1. The van der Waals surface area contributed by atoms with Gasteiger partial charge >= 0.3 is 0 Å². The predicted octanol–water partition coefficient (Wildman–Crippen LogP) is 3.53. The van der Waals surface area contributed by atoms with Gasteiger partial charge < -0.3 is 14.2 Å². The van der Waals surface area contributed by atoms with Crippen LogP contribution in [-0.4, -0.2) is 29.6 Å². The number of amides is 1. The Labute approximate surface area is 142 Å². The Bertz CT molecular complexity index is 710. The Morgan fingerprint density at radius 2 is 2.17 bits per heavy atom. The lowest BCUT2D eigenvalue weighted by Crippen LogP contribution is -2.42. The van der Waals surface area contributed by atoms with Crippen LogP contribution in [0, 0.1) is 12.8 Å². The van der Waals surface area contributed by atoms with E-state index in [-0.39, 0.29) is 18.4 Å². The second kappa shape index (κ2) is 7.07. The Morgan fingerprint density at radius 3 is 2.88 bits per heavy atom. The summed E-state index contributed by atoms with van der Waals surface area (Å²) in [5.41, 5.74) is 1.77. The van der Waals surface area contributed by atoms with Crippen LogP contribution in [0.3, 0.4) is 0 Å². The van der Waals surface area contributed by atoms with Gasteiger partial charge in [0.1, 0.15) is 11.5 Å². The number of carbonyl (C=O) groups is 1. The Morgan fingerprint density at radius 1 is 1.38 bits per heavy atom. The van der Waals surface area contributed by atoms with Crippen LogP contribution >= 0.6 is 0 Å². The summed E-state index contributed by atoms with van der Waals surface area (Å²) in [6, 6.07) is 9.84. The number of hydrogen-bond acceptors (Lipinski definition) is 4. The molecule has 0 radical (unpaired) electrons. The Kier molecular flexibility index (Phi) is 4.88. The van der Waals surface area contributed by atoms with Crippen molar-refractivity contribution in [3.05, 3.63) is 47.3 Å². The maximum atomic E-state index is 12.9. The third kappa shape index (κ3) is 3.45. The van der Waals surface area contributed by atoms with Gasteiger partial charge in [0.05, 0.1) is 25.3 Å². The zero-order valence-electron chi connectivity index (χ0n) is 14.5. The van der Waals surface area contributed by atoms with Crippen LogP contribution in [0.1, 0.15) is 42.8 Å². The summed E-state index contributed by atoms with van der Waals surface area (Å²) in [6.07, 6.45) is 2.33. The largest absolute Gasteiger partial charge is 0.496 e. The van der Waals surface area contributed by atoms with E-state index in [4.69, 9.17) is 9.26 Å². The lowest BCUT2D eigenvalue weighted by Gasteiger charge is -2.39. The maximum absolute atomic E-state index is 12.9. The van der Waals surface area contributed by atoms with E-state index in [2.05, 4.69) is 18.1 Å². The summed E-state index contributed by atoms with van der Waals surface area (Å²) < 4.78 is 10.6. The molecule has 1 aromatic heterocycles. The number of nitrogens with zero attached hydrogens (tertiary/aromatic N) is 2. The number of aryl methyl sites for hydroxylation is 1. The van der Waals surface area contributed by atoms with E-state index in [1.807, 2.05) is 36.1 Å². The van der Waals surface area contributed by atoms with Crippen molar-refractivity contribution < 1.29 is 14.1 Å². The smallest absolute Gasteiger partial charge is 0.229 e. The van der Waals surface area contributed by atoms with Crippen molar-refractivity contribution >= 4 is 5.91 Å². The fourth-order valence-corrected chi connectivity index (χ4v) is 3.45. The molecule has 128 valence electrons. The third-order valence-electron chi connectivity index (χ3n) is 4.64. The molecule has 5 heteroatoms. The molecule has 2 aromatic rings. The van der Waals surface area contributed by atoms with Crippen molar-refractivity contribution in [3.63, 3.8) is 0 Å². The van der Waals surface area contributed by atoms with E-state index in [0.717, 1.165) is 36.5 Å². The van der Waals surface area contributed by atoms with Crippen LogP contribution in [0.15, 0.2) is 34.9 Å². The molecule has 0 saturated carbocycles. The van der Waals surface area contributed by atoms with Crippen LogP contribution in [-0.2, 0) is 11.2 Å². The van der Waals surface area contributed by atoms with Gasteiger partial charge in [0, 0.05) is 18.2 Å². The minimum Gasteiger partial charge on any atom is -0.496 e. The van der Waals surface area contributed by atoms with Crippen molar-refractivity contribution in [3.8, 4) is 5.75 Å². The van der Waals surface area contributed by atoms with E-state index in [1.54, 1.807) is 7.11 Å². The normalized spacial score (nSPS) is 20.9. The topological polar surface area (TPSA) is 55.6 Å². The third-order valence-corrected chi connectivity index (χ3v) is 4.64. The van der Waals surface area contributed by atoms with Gasteiger partial charge in [-0.05, 0) is 31.7 Å². The molecule has 2 unspecified atom stereocenters. The molecule has 1 saturated heterocycles. The number of aromatic nitrogens is 1. The van der Waals surface area contributed by atoms with Crippen LogP contribution in [0.2, 0.25) is 0 Å². The van der Waals surface area contributed by atoms with E-state index in [9.17, 15) is 4.79 Å². The van der Waals surface area contributed by atoms with E-state index < -0.39 is 0 Å². The first-order valence-electron chi connectivity index (χ1n) is 8.43. The quantitative estimate of drug-likeness (QED) is 0.861. The highest BCUT2D eigenvalue weighted by Gasteiger charge is 2.32. The summed E-state index contributed by atoms with van der Waals surface area (Å²) in [7, 11) is 1.68. The van der Waals surface area contributed by atoms with E-state index in [0.29, 0.717) is 11.6 Å². The molecular weight excluding hydrogens is 304 g/mol. The van der Waals surface area contributed by atoms with Crippen molar-refractivity contribution in [2.75, 3.05) is 13.7 Å². The van der Waals surface area contributed by atoms with Gasteiger partial charge in [0.25, 0.3) is 0 Å². The van der Waals surface area contributed by atoms with Gasteiger partial charge in [-0.15, -0.1) is 0 Å². The number of rotatable bonds is 4. The second-order valence-electron chi connectivity index (χ2n) is 6.59. The van der Waals surface area contributed by atoms with Crippen LogP contribution in [0.5, 0.6) is 5.75 Å². The lowest BCUT2D eigenvalue weighted by molar-refractivity contribution is -0.135. The van der Waals surface area contributed by atoms with Crippen molar-refractivity contribution in [1.82, 2.24) is 10.1 Å². The molecule has 1 amide bonds. The average Bonchev–Trinajstić information content (AvgIpc) is 2.99. The van der Waals surface area contributed by atoms with Crippen LogP contribution in [0.25, 0.3) is 0 Å². The molecule has 24 heavy (non-hydrogen) atoms. The number of piperidine rings is 1. The van der Waals surface area contributed by atoms with E-state index >= 15 is 0 Å². The molecule has 1 aromatic carbocycles. The molecular formula is C19H24N2O3. The first kappa shape index (κ1) is 16.6. The minimum absolute atomic E-state index is 0.0536. The molecule has 0 N–H and O–H groups in total. The molecule has 2 heterocycles. The fraction of sp³-hybridized carbons (Fsp3) is 0.474. The molecule has 1 aliphatic rings. The zero-order chi connectivity index (χ0) is 17.1. The minimum atomic E-state index is 0.0536. The summed E-state index contributed by atoms with van der Waals surface area (Å²) in [4.78, 5) is 14.9. The van der Waals surface area contributed by atoms with Crippen molar-refractivity contribution in [2.24, 2.45) is 5.92 Å². The number of benzene rings is 1. The summed E-state index contributed by atoms with van der Waals surface area (Å²) in [5, 5.41) is 3.95. The van der Waals surface area contributed by atoms with Crippen molar-refractivity contribution in [1.29, 1.82) is 0 Å². The van der Waals surface area contributed by atoms with Crippen LogP contribution in [0.4, 0.5) is 0 Å². The number of likely N-dealkylation sites (tertiary alicyclic amines) is 1. The van der Waals surface area contributed by atoms with Gasteiger partial charge in [-0.1, -0.05) is 30.3 Å². The van der Waals surface area contributed by atoms with Gasteiger partial charge in [-0.3, -0.25) is 4.79 Å². The standard InChI is InChI=1S/C19H24N2O3/c1-13-8-9-17(16-6-4-5-7-18(16)23-3)21(12-13)19(22)11-15-10-14(2)24-20-15/h4-7,10,13,17H,8-9,11-12H2,1-3H3. The highest BCUT2D eigenvalue weighted by molar-refractivity contribution is 5.79. The molecule has 1 fully saturated rings. The highest BCUT2D eigenvalue weighted by Crippen LogP contribution is 2.37. The molecule has 3 rings (SSSR count). The Hall–Kier alpha value is -2.30. The first-order valence-corrected chi connectivity index (χ1v) is 8.43. The van der Waals surface area contributed by atoms with Crippen molar-refractivity contribution in [2.45, 2.75) is 39.2 Å².